The molecular weight excluding hydrogens is 214 g/mol. The normalized spacial score (nSPS) is 16.8. The summed E-state index contributed by atoms with van der Waals surface area (Å²) in [6.45, 7) is 1.06. The number of ketones is 1. The highest BCUT2D eigenvalue weighted by Gasteiger charge is 2.39. The fraction of sp³-hybridized carbons (Fsp3) is 0.500. The Kier molecular flexibility index (Phi) is 3.92. The summed E-state index contributed by atoms with van der Waals surface area (Å²) < 4.78 is 5.46. The second-order valence-corrected chi connectivity index (χ2v) is 4.87. The van der Waals surface area contributed by atoms with Crippen molar-refractivity contribution in [3.63, 3.8) is 0 Å². The quantitative estimate of drug-likeness (QED) is 0.733. The number of Topliss-reactive ketones (excluding diaryl/α,β-unsaturated/α-hetero) is 1. The number of carbonyl (C=O) groups is 1. The van der Waals surface area contributed by atoms with Crippen LogP contribution in [-0.4, -0.2) is 17.9 Å². The third-order valence-electron chi connectivity index (χ3n) is 3.08. The Morgan fingerprint density at radius 3 is 2.65 bits per heavy atom. The van der Waals surface area contributed by atoms with Gasteiger partial charge in [0, 0.05) is 18.4 Å². The van der Waals surface area contributed by atoms with E-state index in [-0.39, 0.29) is 11.3 Å². The van der Waals surface area contributed by atoms with Crippen LogP contribution in [0, 0.1) is 0 Å². The van der Waals surface area contributed by atoms with E-state index in [1.54, 1.807) is 0 Å². The van der Waals surface area contributed by atoms with Gasteiger partial charge in [-0.2, -0.15) is 0 Å². The molecule has 0 atom stereocenters. The van der Waals surface area contributed by atoms with E-state index in [9.17, 15) is 4.79 Å². The highest BCUT2D eigenvalue weighted by atomic mass is 16.5. The van der Waals surface area contributed by atoms with Crippen LogP contribution in [0.15, 0.2) is 30.3 Å². The van der Waals surface area contributed by atoms with Crippen LogP contribution in [0.2, 0.25) is 0 Å². The molecule has 2 rings (SSSR count). The monoisotopic (exact) mass is 233 g/mol. The first-order chi connectivity index (χ1) is 8.18. The minimum Gasteiger partial charge on any atom is -0.376 e. The molecule has 1 fully saturated rings. The summed E-state index contributed by atoms with van der Waals surface area (Å²) in [6.07, 6.45) is 2.97. The van der Waals surface area contributed by atoms with Crippen LogP contribution in [0.3, 0.4) is 0 Å². The third-order valence-corrected chi connectivity index (χ3v) is 3.08. The van der Waals surface area contributed by atoms with Gasteiger partial charge >= 0.3 is 0 Å². The number of nitrogens with two attached hydrogens (primary N) is 1. The van der Waals surface area contributed by atoms with Crippen molar-refractivity contribution in [1.29, 1.82) is 0 Å². The molecular formula is C14H19NO2. The van der Waals surface area contributed by atoms with Crippen molar-refractivity contribution in [3.05, 3.63) is 35.9 Å². The second kappa shape index (κ2) is 5.43. The largest absolute Gasteiger partial charge is 0.376 e. The molecule has 1 aliphatic rings. The van der Waals surface area contributed by atoms with Gasteiger partial charge in [-0.15, -0.1) is 0 Å². The van der Waals surface area contributed by atoms with E-state index in [1.165, 1.54) is 0 Å². The van der Waals surface area contributed by atoms with Crippen LogP contribution in [0.1, 0.15) is 31.2 Å². The van der Waals surface area contributed by atoms with Crippen LogP contribution >= 0.6 is 0 Å². The topological polar surface area (TPSA) is 52.3 Å². The molecule has 17 heavy (non-hydrogen) atoms. The van der Waals surface area contributed by atoms with Crippen molar-refractivity contribution >= 4 is 5.78 Å². The molecule has 0 bridgehead atoms. The lowest BCUT2D eigenvalue weighted by atomic mass is 10.1. The van der Waals surface area contributed by atoms with Crippen LogP contribution in [0.25, 0.3) is 0 Å². The molecule has 0 heterocycles. The Labute approximate surface area is 102 Å². The van der Waals surface area contributed by atoms with Crippen molar-refractivity contribution in [2.75, 3.05) is 6.61 Å². The molecule has 3 heteroatoms. The summed E-state index contributed by atoms with van der Waals surface area (Å²) in [5.74, 6) is 0.220. The van der Waals surface area contributed by atoms with Gasteiger partial charge in [-0.05, 0) is 18.4 Å². The van der Waals surface area contributed by atoms with Gasteiger partial charge in [-0.1, -0.05) is 30.3 Å². The maximum atomic E-state index is 11.6. The van der Waals surface area contributed by atoms with E-state index in [0.717, 1.165) is 18.4 Å². The summed E-state index contributed by atoms with van der Waals surface area (Å²) >= 11 is 0. The first-order valence-electron chi connectivity index (χ1n) is 6.10. The Bertz CT molecular complexity index is 371. The van der Waals surface area contributed by atoms with E-state index < -0.39 is 0 Å². The smallest absolute Gasteiger partial charge is 0.137 e. The fourth-order valence-electron chi connectivity index (χ4n) is 1.77. The number of hydrogen-bond donors (Lipinski definition) is 1. The van der Waals surface area contributed by atoms with E-state index in [2.05, 4.69) is 0 Å². The zero-order chi connectivity index (χ0) is 12.1. The van der Waals surface area contributed by atoms with Gasteiger partial charge in [-0.3, -0.25) is 4.79 Å². The molecule has 0 spiro atoms. The standard InChI is InChI=1S/C14H19NO2/c15-14(7-8-14)10-13(16)6-9-17-11-12-4-2-1-3-5-12/h1-5H,6-11,15H2. The van der Waals surface area contributed by atoms with Crippen LogP contribution in [-0.2, 0) is 16.1 Å². The third kappa shape index (κ3) is 4.29. The van der Waals surface area contributed by atoms with E-state index in [4.69, 9.17) is 10.5 Å². The highest BCUT2D eigenvalue weighted by Crippen LogP contribution is 2.35. The highest BCUT2D eigenvalue weighted by molar-refractivity contribution is 5.80. The predicted octanol–water partition coefficient (Wildman–Crippen LogP) is 2.04. The average Bonchev–Trinajstić information content (AvgIpc) is 3.04. The fourth-order valence-corrected chi connectivity index (χ4v) is 1.77. The number of hydrogen-bond acceptors (Lipinski definition) is 3. The van der Waals surface area contributed by atoms with Crippen LogP contribution < -0.4 is 5.73 Å². The first kappa shape index (κ1) is 12.3. The molecule has 1 aliphatic carbocycles. The maximum absolute atomic E-state index is 11.6. The van der Waals surface area contributed by atoms with Gasteiger partial charge in [0.05, 0.1) is 13.2 Å². The van der Waals surface area contributed by atoms with Gasteiger partial charge < -0.3 is 10.5 Å². The summed E-state index contributed by atoms with van der Waals surface area (Å²) in [5, 5.41) is 0. The Balaban J connectivity index is 1.58. The van der Waals surface area contributed by atoms with Crippen molar-refractivity contribution < 1.29 is 9.53 Å². The molecule has 1 aromatic carbocycles. The molecule has 1 aromatic rings. The lowest BCUT2D eigenvalue weighted by Crippen LogP contribution is -2.25. The van der Waals surface area contributed by atoms with Crippen molar-refractivity contribution in [2.24, 2.45) is 5.73 Å². The van der Waals surface area contributed by atoms with E-state index in [1.807, 2.05) is 30.3 Å². The van der Waals surface area contributed by atoms with Gasteiger partial charge in [0.2, 0.25) is 0 Å². The molecule has 1 saturated carbocycles. The van der Waals surface area contributed by atoms with Gasteiger partial charge in [0.25, 0.3) is 0 Å². The van der Waals surface area contributed by atoms with E-state index >= 15 is 0 Å². The SMILES string of the molecule is NC1(CC(=O)CCOCc2ccccc2)CC1. The van der Waals surface area contributed by atoms with Crippen LogP contribution in [0.4, 0.5) is 0 Å². The van der Waals surface area contributed by atoms with Crippen LogP contribution in [0.5, 0.6) is 0 Å². The Hall–Kier alpha value is -1.19. The lowest BCUT2D eigenvalue weighted by molar-refractivity contribution is -0.120. The number of ether oxygens (including phenoxy) is 1. The summed E-state index contributed by atoms with van der Waals surface area (Å²) in [5.41, 5.74) is 6.85. The molecule has 0 unspecified atom stereocenters. The molecule has 92 valence electrons. The van der Waals surface area contributed by atoms with Crippen molar-refractivity contribution in [3.8, 4) is 0 Å². The van der Waals surface area contributed by atoms with Gasteiger partial charge in [0.15, 0.2) is 0 Å². The molecule has 0 radical (unpaired) electrons. The number of rotatable bonds is 7. The number of carbonyl (C=O) groups excluding carboxylic acids is 1. The molecule has 0 aromatic heterocycles. The van der Waals surface area contributed by atoms with Gasteiger partial charge in [-0.25, -0.2) is 0 Å². The molecule has 0 amide bonds. The lowest BCUT2D eigenvalue weighted by Gasteiger charge is -2.07. The summed E-state index contributed by atoms with van der Waals surface area (Å²) in [7, 11) is 0. The summed E-state index contributed by atoms with van der Waals surface area (Å²) in [6, 6.07) is 9.97. The van der Waals surface area contributed by atoms with Gasteiger partial charge in [0.1, 0.15) is 5.78 Å². The average molecular weight is 233 g/mol. The molecule has 0 aliphatic heterocycles. The Morgan fingerprint density at radius 2 is 2.00 bits per heavy atom. The second-order valence-electron chi connectivity index (χ2n) is 4.87. The summed E-state index contributed by atoms with van der Waals surface area (Å²) in [4.78, 5) is 11.6. The van der Waals surface area contributed by atoms with E-state index in [0.29, 0.717) is 26.1 Å². The van der Waals surface area contributed by atoms with Crippen molar-refractivity contribution in [1.82, 2.24) is 0 Å². The molecule has 0 saturated heterocycles. The number of benzene rings is 1. The zero-order valence-corrected chi connectivity index (χ0v) is 10.0. The molecule has 2 N–H and O–H groups in total. The first-order valence-corrected chi connectivity index (χ1v) is 6.10. The minimum absolute atomic E-state index is 0.170. The van der Waals surface area contributed by atoms with Crippen molar-refractivity contribution in [2.45, 2.75) is 37.8 Å². The minimum atomic E-state index is -0.170. The predicted molar refractivity (Wildman–Crippen MR) is 66.5 cm³/mol. The molecule has 3 nitrogen and oxygen atoms in total. The zero-order valence-electron chi connectivity index (χ0n) is 10.0. The Morgan fingerprint density at radius 1 is 1.29 bits per heavy atom. The maximum Gasteiger partial charge on any atom is 0.137 e.